The zero-order valence-corrected chi connectivity index (χ0v) is 13.9. The lowest BCUT2D eigenvalue weighted by Crippen LogP contribution is -2.44. The Morgan fingerprint density at radius 3 is 2.67 bits per heavy atom. The highest BCUT2D eigenvalue weighted by atomic mass is 32.1. The smallest absolute Gasteiger partial charge is 0.317 e. The maximum Gasteiger partial charge on any atom is 0.317 e. The highest BCUT2D eigenvalue weighted by molar-refractivity contribution is 7.09. The second-order valence-corrected chi connectivity index (χ2v) is 7.52. The van der Waals surface area contributed by atoms with Crippen LogP contribution in [0.3, 0.4) is 0 Å². The number of piperidine rings is 1. The van der Waals surface area contributed by atoms with Gasteiger partial charge in [-0.15, -0.1) is 11.3 Å². The van der Waals surface area contributed by atoms with Crippen molar-refractivity contribution in [3.63, 3.8) is 0 Å². The number of hydrogen-bond acceptors (Lipinski definition) is 4. The maximum atomic E-state index is 12.1. The van der Waals surface area contributed by atoms with E-state index in [0.717, 1.165) is 36.6 Å². The van der Waals surface area contributed by atoms with Gasteiger partial charge in [-0.05, 0) is 18.8 Å². The van der Waals surface area contributed by atoms with E-state index in [1.54, 1.807) is 11.3 Å². The Morgan fingerprint density at radius 2 is 2.14 bits per heavy atom. The number of aliphatic hydroxyl groups is 1. The summed E-state index contributed by atoms with van der Waals surface area (Å²) in [5, 5.41) is 15.2. The number of rotatable bonds is 3. The van der Waals surface area contributed by atoms with Crippen LogP contribution in [0.5, 0.6) is 0 Å². The number of thiazole rings is 1. The molecule has 0 atom stereocenters. The van der Waals surface area contributed by atoms with Crippen LogP contribution in [-0.2, 0) is 12.0 Å². The normalized spacial score (nSPS) is 17.0. The molecule has 6 heteroatoms. The Hall–Kier alpha value is -1.14. The Balaban J connectivity index is 1.80. The average Bonchev–Trinajstić information content (AvgIpc) is 2.94. The molecule has 1 saturated heterocycles. The Labute approximate surface area is 130 Å². The first-order valence-electron chi connectivity index (χ1n) is 7.48. The molecule has 2 heterocycles. The standard InChI is InChI=1S/C15H25N3O2S/c1-15(2,3)13-17-12(10-21-13)8-16-14(20)18-6-4-11(9-19)5-7-18/h10-11,19H,4-9H2,1-3H3,(H,16,20). The molecule has 21 heavy (non-hydrogen) atoms. The second kappa shape index (κ2) is 6.75. The lowest BCUT2D eigenvalue weighted by molar-refractivity contribution is 0.137. The summed E-state index contributed by atoms with van der Waals surface area (Å²) in [7, 11) is 0. The van der Waals surface area contributed by atoms with Gasteiger partial charge in [0.05, 0.1) is 17.2 Å². The van der Waals surface area contributed by atoms with Crippen molar-refractivity contribution >= 4 is 17.4 Å². The Kier molecular flexibility index (Phi) is 5.22. The van der Waals surface area contributed by atoms with E-state index in [1.807, 2.05) is 10.3 Å². The third-order valence-electron chi connectivity index (χ3n) is 3.77. The highest BCUT2D eigenvalue weighted by Crippen LogP contribution is 2.25. The molecule has 1 aliphatic heterocycles. The molecule has 0 unspecified atom stereocenters. The van der Waals surface area contributed by atoms with Crippen LogP contribution in [0.25, 0.3) is 0 Å². The Bertz CT molecular complexity index is 474. The third kappa shape index (κ3) is 4.41. The summed E-state index contributed by atoms with van der Waals surface area (Å²) in [5.74, 6) is 0.349. The van der Waals surface area contributed by atoms with Gasteiger partial charge in [0.15, 0.2) is 0 Å². The van der Waals surface area contributed by atoms with Crippen LogP contribution in [0.4, 0.5) is 4.79 Å². The molecule has 0 radical (unpaired) electrons. The number of nitrogens with one attached hydrogen (secondary N) is 1. The van der Waals surface area contributed by atoms with Crippen LogP contribution in [0.15, 0.2) is 5.38 Å². The van der Waals surface area contributed by atoms with Gasteiger partial charge in [0, 0.05) is 30.5 Å². The van der Waals surface area contributed by atoms with Crippen molar-refractivity contribution in [2.45, 2.75) is 45.6 Å². The maximum absolute atomic E-state index is 12.1. The number of urea groups is 1. The molecule has 0 bridgehead atoms. The molecule has 0 aromatic carbocycles. The average molecular weight is 311 g/mol. The third-order valence-corrected chi connectivity index (χ3v) is 5.09. The number of carbonyl (C=O) groups excluding carboxylic acids is 1. The summed E-state index contributed by atoms with van der Waals surface area (Å²) in [5.41, 5.74) is 0.975. The minimum Gasteiger partial charge on any atom is -0.396 e. The van der Waals surface area contributed by atoms with Crippen molar-refractivity contribution in [3.05, 3.63) is 16.1 Å². The molecule has 5 nitrogen and oxygen atoms in total. The van der Waals surface area contributed by atoms with Crippen molar-refractivity contribution in [1.82, 2.24) is 15.2 Å². The second-order valence-electron chi connectivity index (χ2n) is 6.67. The van der Waals surface area contributed by atoms with Crippen LogP contribution in [-0.4, -0.2) is 40.7 Å². The van der Waals surface area contributed by atoms with Gasteiger partial charge >= 0.3 is 6.03 Å². The van der Waals surface area contributed by atoms with Crippen LogP contribution in [0, 0.1) is 5.92 Å². The van der Waals surface area contributed by atoms with Gasteiger partial charge in [-0.2, -0.15) is 0 Å². The largest absolute Gasteiger partial charge is 0.396 e. The lowest BCUT2D eigenvalue weighted by Gasteiger charge is -2.31. The predicted molar refractivity (Wildman–Crippen MR) is 84.4 cm³/mol. The molecule has 0 spiro atoms. The molecule has 2 amide bonds. The van der Waals surface area contributed by atoms with E-state index in [0.29, 0.717) is 12.5 Å². The molecule has 1 aromatic heterocycles. The molecular formula is C15H25N3O2S. The molecule has 0 saturated carbocycles. The quantitative estimate of drug-likeness (QED) is 0.900. The number of aromatic nitrogens is 1. The van der Waals surface area contributed by atoms with Crippen LogP contribution >= 0.6 is 11.3 Å². The van der Waals surface area contributed by atoms with Gasteiger partial charge in [0.2, 0.25) is 0 Å². The Morgan fingerprint density at radius 1 is 1.48 bits per heavy atom. The monoisotopic (exact) mass is 311 g/mol. The van der Waals surface area contributed by atoms with Crippen LogP contribution in [0.2, 0.25) is 0 Å². The van der Waals surface area contributed by atoms with E-state index in [-0.39, 0.29) is 18.1 Å². The van der Waals surface area contributed by atoms with E-state index in [1.165, 1.54) is 0 Å². The molecule has 0 aliphatic carbocycles. The van der Waals surface area contributed by atoms with Crippen molar-refractivity contribution < 1.29 is 9.90 Å². The van der Waals surface area contributed by atoms with Gasteiger partial charge in [0.1, 0.15) is 0 Å². The number of carbonyl (C=O) groups is 1. The van der Waals surface area contributed by atoms with Crippen LogP contribution < -0.4 is 5.32 Å². The number of likely N-dealkylation sites (tertiary alicyclic amines) is 1. The van der Waals surface area contributed by atoms with Crippen LogP contribution in [0.1, 0.15) is 44.3 Å². The minimum absolute atomic E-state index is 0.0308. The summed E-state index contributed by atoms with van der Waals surface area (Å²) < 4.78 is 0. The molecule has 1 aromatic rings. The topological polar surface area (TPSA) is 65.5 Å². The van der Waals surface area contributed by atoms with Gasteiger partial charge in [-0.1, -0.05) is 20.8 Å². The molecule has 1 fully saturated rings. The molecule has 2 rings (SSSR count). The summed E-state index contributed by atoms with van der Waals surface area (Å²) in [6.07, 6.45) is 1.77. The van der Waals surface area contributed by atoms with Gasteiger partial charge in [0.25, 0.3) is 0 Å². The molecular weight excluding hydrogens is 286 g/mol. The van der Waals surface area contributed by atoms with Crippen molar-refractivity contribution in [2.75, 3.05) is 19.7 Å². The van der Waals surface area contributed by atoms with E-state index in [4.69, 9.17) is 5.11 Å². The summed E-state index contributed by atoms with van der Waals surface area (Å²) in [4.78, 5) is 18.5. The number of aliphatic hydroxyl groups excluding tert-OH is 1. The number of nitrogens with zero attached hydrogens (tertiary/aromatic N) is 2. The fourth-order valence-electron chi connectivity index (χ4n) is 2.33. The van der Waals surface area contributed by atoms with E-state index in [9.17, 15) is 4.79 Å². The highest BCUT2D eigenvalue weighted by Gasteiger charge is 2.22. The van der Waals surface area contributed by atoms with E-state index >= 15 is 0 Å². The zero-order chi connectivity index (χ0) is 15.5. The number of amides is 2. The van der Waals surface area contributed by atoms with Crippen molar-refractivity contribution in [1.29, 1.82) is 0 Å². The number of hydrogen-bond donors (Lipinski definition) is 2. The summed E-state index contributed by atoms with van der Waals surface area (Å²) in [6, 6.07) is -0.0308. The molecule has 1 aliphatic rings. The van der Waals surface area contributed by atoms with Crippen molar-refractivity contribution in [2.24, 2.45) is 5.92 Å². The zero-order valence-electron chi connectivity index (χ0n) is 13.1. The van der Waals surface area contributed by atoms with E-state index < -0.39 is 0 Å². The predicted octanol–water partition coefficient (Wildman–Crippen LogP) is 2.35. The first kappa shape index (κ1) is 16.2. The first-order valence-corrected chi connectivity index (χ1v) is 8.36. The van der Waals surface area contributed by atoms with Crippen molar-refractivity contribution in [3.8, 4) is 0 Å². The van der Waals surface area contributed by atoms with E-state index in [2.05, 4.69) is 31.1 Å². The summed E-state index contributed by atoms with van der Waals surface area (Å²) >= 11 is 1.64. The fourth-order valence-corrected chi connectivity index (χ4v) is 3.24. The fraction of sp³-hybridized carbons (Fsp3) is 0.733. The lowest BCUT2D eigenvalue weighted by atomic mass is 9.98. The first-order chi connectivity index (χ1) is 9.90. The van der Waals surface area contributed by atoms with Gasteiger partial charge in [-0.25, -0.2) is 9.78 Å². The SMILES string of the molecule is CC(C)(C)c1nc(CNC(=O)N2CCC(CO)CC2)cs1. The molecule has 118 valence electrons. The van der Waals surface area contributed by atoms with Gasteiger partial charge in [-0.3, -0.25) is 0 Å². The summed E-state index contributed by atoms with van der Waals surface area (Å²) in [6.45, 7) is 8.57. The molecule has 2 N–H and O–H groups in total. The minimum atomic E-state index is -0.0308. The van der Waals surface area contributed by atoms with Gasteiger partial charge < -0.3 is 15.3 Å².